The van der Waals surface area contributed by atoms with Gasteiger partial charge in [-0.1, -0.05) is 44.7 Å². The van der Waals surface area contributed by atoms with E-state index in [-0.39, 0.29) is 13.3 Å². The molecule has 2 aliphatic rings. The molecule has 2 aliphatic carbocycles. The molecule has 0 radical (unpaired) electrons. The topological polar surface area (TPSA) is 64.3 Å². The van der Waals surface area contributed by atoms with Gasteiger partial charge in [-0.25, -0.2) is 0 Å². The number of hydrogen-bond donors (Lipinski definition) is 2. The lowest BCUT2D eigenvalue weighted by molar-refractivity contribution is 0.0681. The third-order valence-corrected chi connectivity index (χ3v) is 7.56. The summed E-state index contributed by atoms with van der Waals surface area (Å²) in [7, 11) is 0. The lowest BCUT2D eigenvalue weighted by Gasteiger charge is -2.45. The van der Waals surface area contributed by atoms with Gasteiger partial charge in [-0.05, 0) is 61.0 Å². The molecule has 0 heterocycles. The Labute approximate surface area is 185 Å². The molecule has 0 atom stereocenters. The average molecular weight is 441 g/mol. The molecule has 1 amide bonds. The van der Waals surface area contributed by atoms with Crippen LogP contribution < -0.4 is 15.8 Å². The molecule has 29 heavy (non-hydrogen) atoms. The molecule has 3 rings (SSSR count). The van der Waals surface area contributed by atoms with Crippen molar-refractivity contribution in [3.63, 3.8) is 0 Å². The number of amides is 1. The molecule has 1 aromatic carbocycles. The zero-order valence-electron chi connectivity index (χ0n) is 16.7. The number of hydrogen-bond acceptors (Lipinski definition) is 4. The van der Waals surface area contributed by atoms with Gasteiger partial charge in [-0.3, -0.25) is 4.79 Å². The second-order valence-electron chi connectivity index (χ2n) is 8.28. The Kier molecular flexibility index (Phi) is 10.1. The number of ether oxygens (including phenoxy) is 1. The summed E-state index contributed by atoms with van der Waals surface area (Å²) in [6.45, 7) is 2.11. The van der Waals surface area contributed by atoms with E-state index in [2.05, 4.69) is 5.32 Å². The third kappa shape index (κ3) is 7.08. The van der Waals surface area contributed by atoms with Crippen molar-refractivity contribution in [2.75, 3.05) is 31.2 Å². The number of fused-ring (bicyclic) bond motifs is 2. The molecule has 0 aromatic heterocycles. The van der Waals surface area contributed by atoms with Crippen molar-refractivity contribution in [2.24, 2.45) is 17.1 Å². The summed E-state index contributed by atoms with van der Waals surface area (Å²) < 4.78 is 5.81. The molecule has 0 spiro atoms. The zero-order chi connectivity index (χ0) is 19.8. The first-order valence-electron chi connectivity index (χ1n) is 10.6. The summed E-state index contributed by atoms with van der Waals surface area (Å²) in [4.78, 5) is 12.8. The Morgan fingerprint density at radius 2 is 2.03 bits per heavy atom. The van der Waals surface area contributed by atoms with Gasteiger partial charge < -0.3 is 15.8 Å². The largest absolute Gasteiger partial charge is 0.494 e. The molecule has 3 N–H and O–H groups in total. The Hall–Kier alpha value is -0.910. The summed E-state index contributed by atoms with van der Waals surface area (Å²) in [6, 6.07) is 5.36. The summed E-state index contributed by atoms with van der Waals surface area (Å²) in [6.07, 6.45) is 10.0. The Bertz CT molecular complexity index is 646. The van der Waals surface area contributed by atoms with Gasteiger partial charge in [0, 0.05) is 18.8 Å². The number of nitrogens with two attached hydrogens (primary N) is 1. The summed E-state index contributed by atoms with van der Waals surface area (Å²) in [5, 5.41) is 3.66. The van der Waals surface area contributed by atoms with Crippen LogP contribution in [0.15, 0.2) is 18.2 Å². The van der Waals surface area contributed by atoms with Crippen LogP contribution in [0.25, 0.3) is 0 Å². The maximum atomic E-state index is 12.8. The van der Waals surface area contributed by atoms with Crippen molar-refractivity contribution in [3.05, 3.63) is 28.8 Å². The Morgan fingerprint density at radius 3 is 2.76 bits per heavy atom. The van der Waals surface area contributed by atoms with E-state index in [4.69, 9.17) is 22.1 Å². The minimum absolute atomic E-state index is 0. The normalized spacial score (nSPS) is 23.2. The van der Waals surface area contributed by atoms with Crippen molar-refractivity contribution in [1.82, 2.24) is 5.32 Å². The van der Waals surface area contributed by atoms with Crippen molar-refractivity contribution in [1.29, 1.82) is 0 Å². The quantitative estimate of drug-likeness (QED) is 0.469. The number of carbonyl (C=O) groups is 1. The van der Waals surface area contributed by atoms with Gasteiger partial charge in [0.25, 0.3) is 5.91 Å². The van der Waals surface area contributed by atoms with Gasteiger partial charge in [-0.15, -0.1) is 0 Å². The highest BCUT2D eigenvalue weighted by atomic mass is 35.5. The second kappa shape index (κ2) is 12.1. The third-order valence-electron chi connectivity index (χ3n) is 6.13. The first kappa shape index (κ1) is 24.4. The average Bonchev–Trinajstić information content (AvgIpc) is 2.70. The van der Waals surface area contributed by atoms with Crippen LogP contribution in [-0.2, 0) is 0 Å². The highest BCUT2D eigenvalue weighted by Gasteiger charge is 2.39. The Balaban J connectivity index is 0.00000300. The SMILES string of the molecule is C.NCCSCCCOc1ccc(Cl)c(C(=O)NCC23CCCC(CCC2)C3)c1. The fourth-order valence-electron chi connectivity index (χ4n) is 4.74. The van der Waals surface area contributed by atoms with Crippen molar-refractivity contribution in [3.8, 4) is 5.75 Å². The van der Waals surface area contributed by atoms with E-state index in [1.54, 1.807) is 12.1 Å². The van der Waals surface area contributed by atoms with Crippen LogP contribution in [0, 0.1) is 11.3 Å². The van der Waals surface area contributed by atoms with E-state index in [0.29, 0.717) is 34.9 Å². The molecule has 0 saturated heterocycles. The first-order valence-corrected chi connectivity index (χ1v) is 12.1. The smallest absolute Gasteiger partial charge is 0.252 e. The van der Waals surface area contributed by atoms with Crippen molar-refractivity contribution >= 4 is 29.3 Å². The molecule has 0 aliphatic heterocycles. The summed E-state index contributed by atoms with van der Waals surface area (Å²) in [5.41, 5.74) is 6.30. The molecule has 6 heteroatoms. The molecule has 0 unspecified atom stereocenters. The van der Waals surface area contributed by atoms with Crippen molar-refractivity contribution in [2.45, 2.75) is 58.8 Å². The summed E-state index contributed by atoms with van der Waals surface area (Å²) in [5.74, 6) is 3.49. The number of nitrogens with one attached hydrogen (secondary N) is 1. The van der Waals surface area contributed by atoms with Crippen LogP contribution in [0.2, 0.25) is 5.02 Å². The predicted octanol–water partition coefficient (Wildman–Crippen LogP) is 5.53. The predicted molar refractivity (Wildman–Crippen MR) is 125 cm³/mol. The minimum atomic E-state index is -0.0870. The second-order valence-corrected chi connectivity index (χ2v) is 9.91. The zero-order valence-corrected chi connectivity index (χ0v) is 18.3. The molecular weight excluding hydrogens is 404 g/mol. The monoisotopic (exact) mass is 440 g/mol. The van der Waals surface area contributed by atoms with E-state index in [1.807, 2.05) is 17.8 Å². The van der Waals surface area contributed by atoms with Gasteiger partial charge in [0.05, 0.1) is 17.2 Å². The van der Waals surface area contributed by atoms with Gasteiger partial charge in [0.15, 0.2) is 0 Å². The van der Waals surface area contributed by atoms with E-state index in [1.165, 1.54) is 44.9 Å². The van der Waals surface area contributed by atoms with Crippen molar-refractivity contribution < 1.29 is 9.53 Å². The molecular formula is C23H37ClN2O2S. The van der Waals surface area contributed by atoms with Gasteiger partial charge in [0.2, 0.25) is 0 Å². The fourth-order valence-corrected chi connectivity index (χ4v) is 5.63. The molecule has 2 fully saturated rings. The first-order chi connectivity index (χ1) is 13.6. The van der Waals surface area contributed by atoms with E-state index in [9.17, 15) is 4.79 Å². The van der Waals surface area contributed by atoms with Crippen LogP contribution in [0.5, 0.6) is 5.75 Å². The lowest BCUT2D eigenvalue weighted by Crippen LogP contribution is -2.43. The maximum absolute atomic E-state index is 12.8. The van der Waals surface area contributed by atoms with Gasteiger partial charge in [-0.2, -0.15) is 11.8 Å². The number of halogens is 1. The lowest BCUT2D eigenvalue weighted by atomic mass is 9.62. The fraction of sp³-hybridized carbons (Fsp3) is 0.696. The van der Waals surface area contributed by atoms with Crippen LogP contribution in [0.1, 0.15) is 69.2 Å². The highest BCUT2D eigenvalue weighted by molar-refractivity contribution is 7.99. The van der Waals surface area contributed by atoms with Gasteiger partial charge >= 0.3 is 0 Å². The molecule has 2 saturated carbocycles. The molecule has 164 valence electrons. The molecule has 2 bridgehead atoms. The maximum Gasteiger partial charge on any atom is 0.252 e. The Morgan fingerprint density at radius 1 is 1.28 bits per heavy atom. The summed E-state index contributed by atoms with van der Waals surface area (Å²) >= 11 is 8.14. The number of carbonyl (C=O) groups excluding carboxylic acids is 1. The number of thioether (sulfide) groups is 1. The van der Waals surface area contributed by atoms with Crippen LogP contribution in [0.4, 0.5) is 0 Å². The minimum Gasteiger partial charge on any atom is -0.494 e. The van der Waals surface area contributed by atoms with Crippen LogP contribution in [-0.4, -0.2) is 37.1 Å². The number of benzene rings is 1. The van der Waals surface area contributed by atoms with Crippen LogP contribution >= 0.6 is 23.4 Å². The molecule has 1 aromatic rings. The van der Waals surface area contributed by atoms with Crippen LogP contribution in [0.3, 0.4) is 0 Å². The van der Waals surface area contributed by atoms with E-state index >= 15 is 0 Å². The standard InChI is InChI=1S/C22H33ClN2O2S.CH4/c23-20-7-6-18(27-11-3-12-28-13-10-24)14-19(20)21(26)25-16-22-8-1-4-17(15-22)5-2-9-22;/h6-7,14,17H,1-5,8-13,15-16,24H2,(H,25,26);1H4. The van der Waals surface area contributed by atoms with E-state index in [0.717, 1.165) is 30.4 Å². The molecule has 4 nitrogen and oxygen atoms in total. The number of rotatable bonds is 10. The highest BCUT2D eigenvalue weighted by Crippen LogP contribution is 2.48. The van der Waals surface area contributed by atoms with E-state index < -0.39 is 0 Å². The van der Waals surface area contributed by atoms with Gasteiger partial charge in [0.1, 0.15) is 5.75 Å².